The second-order valence-electron chi connectivity index (χ2n) is 8.21. The molecule has 1 atom stereocenters. The normalized spacial score (nSPS) is 20.5. The van der Waals surface area contributed by atoms with Crippen molar-refractivity contribution in [2.75, 3.05) is 39.4 Å². The Kier molecular flexibility index (Phi) is 6.37. The molecule has 0 bridgehead atoms. The van der Waals surface area contributed by atoms with Crippen molar-refractivity contribution in [3.8, 4) is 5.75 Å². The number of hydrogen-bond acceptors (Lipinski definition) is 5. The summed E-state index contributed by atoms with van der Waals surface area (Å²) in [7, 11) is 0. The highest BCUT2D eigenvalue weighted by molar-refractivity contribution is 5.70. The molecule has 2 aliphatic heterocycles. The highest BCUT2D eigenvalue weighted by Crippen LogP contribution is 2.39. The number of piperazine rings is 1. The van der Waals surface area contributed by atoms with Crippen LogP contribution >= 0.6 is 0 Å². The van der Waals surface area contributed by atoms with Gasteiger partial charge in [-0.1, -0.05) is 42.5 Å². The number of carbonyl (C=O) groups excluding carboxylic acids is 1. The minimum absolute atomic E-state index is 0.0314. The minimum atomic E-state index is -0.275. The van der Waals surface area contributed by atoms with Crippen LogP contribution in [-0.2, 0) is 10.3 Å². The topological polar surface area (TPSA) is 68.0 Å². The van der Waals surface area contributed by atoms with Gasteiger partial charge in [0.2, 0.25) is 0 Å². The number of nitrogens with two attached hydrogens (primary N) is 1. The summed E-state index contributed by atoms with van der Waals surface area (Å²) in [4.78, 5) is 16.9. The summed E-state index contributed by atoms with van der Waals surface area (Å²) < 4.78 is 11.2. The van der Waals surface area contributed by atoms with Gasteiger partial charge in [-0.25, -0.2) is 4.79 Å². The van der Waals surface area contributed by atoms with Gasteiger partial charge in [0.1, 0.15) is 5.75 Å². The van der Waals surface area contributed by atoms with Crippen molar-refractivity contribution >= 4 is 6.09 Å². The molecule has 2 aromatic rings. The summed E-state index contributed by atoms with van der Waals surface area (Å²) in [6.07, 6.45) is 1.64. The quantitative estimate of drug-likeness (QED) is 0.837. The minimum Gasteiger partial charge on any atom is -0.410 e. The van der Waals surface area contributed by atoms with Crippen LogP contribution in [0.3, 0.4) is 0 Å². The van der Waals surface area contributed by atoms with Gasteiger partial charge in [0.05, 0.1) is 5.54 Å². The number of amides is 1. The molecule has 0 radical (unpaired) electrons. The van der Waals surface area contributed by atoms with Gasteiger partial charge in [-0.15, -0.1) is 0 Å². The predicted octanol–water partition coefficient (Wildman–Crippen LogP) is 3.53. The Bertz CT molecular complexity index is 825. The summed E-state index contributed by atoms with van der Waals surface area (Å²) in [6.45, 7) is 6.47. The van der Waals surface area contributed by atoms with E-state index in [1.165, 1.54) is 5.56 Å². The van der Waals surface area contributed by atoms with Gasteiger partial charge in [0.25, 0.3) is 0 Å². The number of hydrogen-bond donors (Lipinski definition) is 1. The second kappa shape index (κ2) is 9.16. The van der Waals surface area contributed by atoms with E-state index in [4.69, 9.17) is 15.2 Å². The first-order valence-electron chi connectivity index (χ1n) is 10.8. The van der Waals surface area contributed by atoms with Crippen molar-refractivity contribution in [1.29, 1.82) is 0 Å². The van der Waals surface area contributed by atoms with E-state index < -0.39 is 0 Å². The molecule has 1 unspecified atom stereocenters. The van der Waals surface area contributed by atoms with Crippen molar-refractivity contribution in [3.63, 3.8) is 0 Å². The predicted molar refractivity (Wildman–Crippen MR) is 116 cm³/mol. The summed E-state index contributed by atoms with van der Waals surface area (Å²) in [5.41, 5.74) is 8.45. The molecule has 2 fully saturated rings. The second-order valence-corrected chi connectivity index (χ2v) is 8.21. The summed E-state index contributed by atoms with van der Waals surface area (Å²) >= 11 is 0. The van der Waals surface area contributed by atoms with Crippen molar-refractivity contribution in [2.45, 2.75) is 31.3 Å². The van der Waals surface area contributed by atoms with E-state index in [0.29, 0.717) is 18.8 Å². The van der Waals surface area contributed by atoms with E-state index >= 15 is 0 Å². The zero-order chi connectivity index (χ0) is 21.0. The van der Waals surface area contributed by atoms with Crippen LogP contribution in [0.5, 0.6) is 5.75 Å². The number of carbonyl (C=O) groups is 1. The Labute approximate surface area is 178 Å². The Hall–Kier alpha value is -2.41. The number of ether oxygens (including phenoxy) is 2. The fraction of sp³-hybridized carbons (Fsp3) is 0.458. The fourth-order valence-electron chi connectivity index (χ4n) is 4.56. The Morgan fingerprint density at radius 3 is 2.23 bits per heavy atom. The van der Waals surface area contributed by atoms with Crippen LogP contribution < -0.4 is 10.5 Å². The Morgan fingerprint density at radius 1 is 1.00 bits per heavy atom. The maximum Gasteiger partial charge on any atom is 0.415 e. The summed E-state index contributed by atoms with van der Waals surface area (Å²) in [5.74, 6) is 0.583. The Balaban J connectivity index is 1.45. The zero-order valence-corrected chi connectivity index (χ0v) is 17.6. The average molecular weight is 410 g/mol. The van der Waals surface area contributed by atoms with Crippen LogP contribution in [0, 0.1) is 0 Å². The molecule has 0 spiro atoms. The first-order valence-corrected chi connectivity index (χ1v) is 10.8. The van der Waals surface area contributed by atoms with Gasteiger partial charge in [-0.05, 0) is 43.0 Å². The molecule has 0 aromatic heterocycles. The number of rotatable bonds is 4. The molecule has 2 N–H and O–H groups in total. The third-order valence-corrected chi connectivity index (χ3v) is 6.39. The fourth-order valence-corrected chi connectivity index (χ4v) is 4.56. The monoisotopic (exact) mass is 409 g/mol. The van der Waals surface area contributed by atoms with Gasteiger partial charge in [-0.3, -0.25) is 4.90 Å². The third kappa shape index (κ3) is 4.36. The average Bonchev–Trinajstić information content (AvgIpc) is 2.80. The molecule has 1 amide bonds. The molecule has 2 saturated heterocycles. The van der Waals surface area contributed by atoms with Gasteiger partial charge in [-0.2, -0.15) is 0 Å². The van der Waals surface area contributed by atoms with Gasteiger partial charge >= 0.3 is 6.09 Å². The Morgan fingerprint density at radius 2 is 1.63 bits per heavy atom. The first-order chi connectivity index (χ1) is 14.6. The highest BCUT2D eigenvalue weighted by Gasteiger charge is 2.41. The van der Waals surface area contributed by atoms with E-state index in [1.54, 1.807) is 17.0 Å². The molecular weight excluding hydrogens is 378 g/mol. The lowest BCUT2D eigenvalue weighted by atomic mass is 9.80. The molecule has 2 heterocycles. The molecule has 2 aromatic carbocycles. The number of nitrogens with zero attached hydrogens (tertiary/aromatic N) is 2. The van der Waals surface area contributed by atoms with E-state index in [2.05, 4.69) is 29.2 Å². The van der Waals surface area contributed by atoms with Gasteiger partial charge in [0.15, 0.2) is 0 Å². The highest BCUT2D eigenvalue weighted by atomic mass is 16.6. The molecule has 30 heavy (non-hydrogen) atoms. The maximum atomic E-state index is 12.6. The smallest absolute Gasteiger partial charge is 0.410 e. The molecule has 160 valence electrons. The maximum absolute atomic E-state index is 12.6. The lowest BCUT2D eigenvalue weighted by Crippen LogP contribution is -2.58. The molecule has 0 aliphatic carbocycles. The molecule has 2 aliphatic rings. The van der Waals surface area contributed by atoms with Crippen LogP contribution in [-0.4, -0.2) is 55.3 Å². The molecule has 6 nitrogen and oxygen atoms in total. The lowest BCUT2D eigenvalue weighted by molar-refractivity contribution is -0.0483. The molecule has 6 heteroatoms. The standard InChI is InChI=1S/C24H31N3O3/c1-19(25)20-7-9-21(10-8-20)24(11-17-29-18-12-24)27-15-13-26(14-16-27)23(28)30-22-5-3-2-4-6-22/h2-10,19H,11-18,25H2,1H3. The van der Waals surface area contributed by atoms with E-state index in [0.717, 1.165) is 44.7 Å². The van der Waals surface area contributed by atoms with E-state index in [9.17, 15) is 4.79 Å². The van der Waals surface area contributed by atoms with Gasteiger partial charge < -0.3 is 20.1 Å². The van der Waals surface area contributed by atoms with Crippen LogP contribution in [0.15, 0.2) is 54.6 Å². The SMILES string of the molecule is CC(N)c1ccc(C2(N3CCN(C(=O)Oc4ccccc4)CC3)CCOCC2)cc1. The van der Waals surface area contributed by atoms with Crippen LogP contribution in [0.1, 0.15) is 36.9 Å². The first kappa shape index (κ1) is 20.8. The lowest BCUT2D eigenvalue weighted by Gasteiger charge is -2.49. The molecular formula is C24H31N3O3. The third-order valence-electron chi connectivity index (χ3n) is 6.39. The van der Waals surface area contributed by atoms with E-state index in [-0.39, 0.29) is 17.7 Å². The van der Waals surface area contributed by atoms with Crippen molar-refractivity contribution in [1.82, 2.24) is 9.80 Å². The number of benzene rings is 2. The summed E-state index contributed by atoms with van der Waals surface area (Å²) in [6, 6.07) is 18.0. The van der Waals surface area contributed by atoms with Gasteiger partial charge in [0, 0.05) is 45.4 Å². The number of para-hydroxylation sites is 1. The van der Waals surface area contributed by atoms with Crippen LogP contribution in [0.25, 0.3) is 0 Å². The molecule has 0 saturated carbocycles. The van der Waals surface area contributed by atoms with Crippen molar-refractivity contribution in [3.05, 3.63) is 65.7 Å². The van der Waals surface area contributed by atoms with E-state index in [1.807, 2.05) is 25.1 Å². The van der Waals surface area contributed by atoms with Crippen molar-refractivity contribution in [2.24, 2.45) is 5.73 Å². The largest absolute Gasteiger partial charge is 0.415 e. The zero-order valence-electron chi connectivity index (χ0n) is 17.6. The van der Waals surface area contributed by atoms with Crippen LogP contribution in [0.4, 0.5) is 4.79 Å². The van der Waals surface area contributed by atoms with Crippen LogP contribution in [0.2, 0.25) is 0 Å². The summed E-state index contributed by atoms with van der Waals surface area (Å²) in [5, 5.41) is 0. The van der Waals surface area contributed by atoms with Crippen molar-refractivity contribution < 1.29 is 14.3 Å². The molecule has 4 rings (SSSR count).